The molecule has 0 bridgehead atoms. The van der Waals surface area contributed by atoms with Gasteiger partial charge in [-0.1, -0.05) is 48.0 Å². The van der Waals surface area contributed by atoms with E-state index in [0.717, 1.165) is 11.1 Å². The van der Waals surface area contributed by atoms with Crippen molar-refractivity contribution in [2.75, 3.05) is 18.4 Å². The number of quaternary nitrogens is 1. The van der Waals surface area contributed by atoms with Crippen molar-refractivity contribution in [1.82, 2.24) is 10.2 Å². The van der Waals surface area contributed by atoms with E-state index < -0.39 is 6.04 Å². The zero-order valence-electron chi connectivity index (χ0n) is 18.8. The van der Waals surface area contributed by atoms with Crippen LogP contribution < -0.4 is 16.4 Å². The molecule has 7 heteroatoms. The van der Waals surface area contributed by atoms with E-state index in [1.54, 1.807) is 11.8 Å². The summed E-state index contributed by atoms with van der Waals surface area (Å²) < 4.78 is 0. The molecule has 0 aliphatic carbocycles. The second-order valence-corrected chi connectivity index (χ2v) is 8.61. The van der Waals surface area contributed by atoms with Gasteiger partial charge in [0.25, 0.3) is 5.91 Å². The van der Waals surface area contributed by atoms with Gasteiger partial charge in [0.15, 0.2) is 6.04 Å². The van der Waals surface area contributed by atoms with Crippen LogP contribution in [0.5, 0.6) is 0 Å². The van der Waals surface area contributed by atoms with Crippen molar-refractivity contribution in [3.63, 3.8) is 0 Å². The number of carbonyl (C=O) groups excluding carboxylic acids is 3. The molecule has 2 atom stereocenters. The number of nitrogens with zero attached hydrogens (tertiary/aromatic N) is 1. The monoisotopic (exact) mass is 437 g/mol. The second-order valence-electron chi connectivity index (χ2n) is 8.61. The number of nitrogens with one attached hydrogen (secondary N) is 2. The maximum Gasteiger partial charge on any atom is 0.280 e. The number of amides is 3. The summed E-state index contributed by atoms with van der Waals surface area (Å²) in [6.45, 7) is 4.84. The van der Waals surface area contributed by atoms with Gasteiger partial charge in [-0.3, -0.25) is 14.4 Å². The van der Waals surface area contributed by atoms with Crippen LogP contribution in [-0.2, 0) is 20.8 Å². The number of rotatable bonds is 7. The first kappa shape index (κ1) is 23.5. The fraction of sp³-hybridized carbons (Fsp3) is 0.400. The van der Waals surface area contributed by atoms with Crippen molar-refractivity contribution in [2.45, 2.75) is 45.2 Å². The number of hydrogen-bond donors (Lipinski definition) is 3. The Morgan fingerprint density at radius 3 is 2.25 bits per heavy atom. The number of benzene rings is 2. The van der Waals surface area contributed by atoms with Crippen molar-refractivity contribution in [1.29, 1.82) is 0 Å². The minimum absolute atomic E-state index is 0.0169. The zero-order valence-corrected chi connectivity index (χ0v) is 18.8. The van der Waals surface area contributed by atoms with E-state index in [0.29, 0.717) is 38.0 Å². The van der Waals surface area contributed by atoms with Gasteiger partial charge in [-0.25, -0.2) is 0 Å². The summed E-state index contributed by atoms with van der Waals surface area (Å²) in [5.41, 5.74) is 6.57. The van der Waals surface area contributed by atoms with Gasteiger partial charge in [0, 0.05) is 31.1 Å². The van der Waals surface area contributed by atoms with Crippen LogP contribution in [0, 0.1) is 12.8 Å². The normalized spacial score (nSPS) is 16.2. The molecular weight excluding hydrogens is 404 g/mol. The number of hydrogen-bond acceptors (Lipinski definition) is 3. The molecular formula is C25H33N4O3+. The highest BCUT2D eigenvalue weighted by atomic mass is 16.2. The molecule has 2 aromatic carbocycles. The standard InChI is InChI=1S/C25H32N4O3/c1-17-8-10-21(11-9-17)27-24(31)22(16-19-6-4-3-5-7-19)28-23(30)20-12-14-29(15-13-20)25(32)18(2)26/h3-11,18,20,22H,12-16,26H2,1-2H3,(H,27,31)(H,28,30)/p+1/t18-,22-/m0/s1. The topological polar surface area (TPSA) is 106 Å². The molecule has 0 radical (unpaired) electrons. The molecule has 0 aromatic heterocycles. The minimum atomic E-state index is -0.689. The molecule has 170 valence electrons. The maximum atomic E-state index is 13.1. The quantitative estimate of drug-likeness (QED) is 0.612. The summed E-state index contributed by atoms with van der Waals surface area (Å²) in [6.07, 6.45) is 1.57. The van der Waals surface area contributed by atoms with E-state index >= 15 is 0 Å². The van der Waals surface area contributed by atoms with Crippen LogP contribution in [0.4, 0.5) is 5.69 Å². The van der Waals surface area contributed by atoms with E-state index in [-0.39, 0.29) is 29.7 Å². The van der Waals surface area contributed by atoms with Crippen molar-refractivity contribution in [2.24, 2.45) is 5.92 Å². The molecule has 32 heavy (non-hydrogen) atoms. The highest BCUT2D eigenvalue weighted by Gasteiger charge is 2.31. The summed E-state index contributed by atoms with van der Waals surface area (Å²) in [7, 11) is 0. The summed E-state index contributed by atoms with van der Waals surface area (Å²) in [5.74, 6) is -0.586. The maximum absolute atomic E-state index is 13.1. The predicted octanol–water partition coefficient (Wildman–Crippen LogP) is 1.53. The lowest BCUT2D eigenvalue weighted by atomic mass is 9.94. The Morgan fingerprint density at radius 1 is 1.03 bits per heavy atom. The van der Waals surface area contributed by atoms with Gasteiger partial charge >= 0.3 is 0 Å². The number of carbonyl (C=O) groups is 3. The van der Waals surface area contributed by atoms with Crippen molar-refractivity contribution in [3.05, 3.63) is 65.7 Å². The number of likely N-dealkylation sites (tertiary alicyclic amines) is 1. The largest absolute Gasteiger partial charge is 0.348 e. The molecule has 7 nitrogen and oxygen atoms in total. The van der Waals surface area contributed by atoms with Crippen molar-refractivity contribution in [3.8, 4) is 0 Å². The Labute approximate surface area is 189 Å². The molecule has 1 saturated heterocycles. The van der Waals surface area contributed by atoms with Gasteiger partial charge in [-0.2, -0.15) is 0 Å². The number of piperidine rings is 1. The van der Waals surface area contributed by atoms with E-state index in [4.69, 9.17) is 0 Å². The highest BCUT2D eigenvalue weighted by molar-refractivity contribution is 5.97. The van der Waals surface area contributed by atoms with Crippen LogP contribution in [0.3, 0.4) is 0 Å². The van der Waals surface area contributed by atoms with E-state index in [1.807, 2.05) is 61.5 Å². The lowest BCUT2D eigenvalue weighted by molar-refractivity contribution is -0.400. The smallest absolute Gasteiger partial charge is 0.280 e. The molecule has 0 spiro atoms. The summed E-state index contributed by atoms with van der Waals surface area (Å²) in [5, 5.41) is 5.89. The van der Waals surface area contributed by atoms with Crippen molar-refractivity contribution >= 4 is 23.4 Å². The van der Waals surface area contributed by atoms with E-state index in [9.17, 15) is 14.4 Å². The van der Waals surface area contributed by atoms with Crippen LogP contribution in [0.15, 0.2) is 54.6 Å². The molecule has 1 heterocycles. The molecule has 3 rings (SSSR count). The van der Waals surface area contributed by atoms with Crippen LogP contribution in [-0.4, -0.2) is 47.8 Å². The molecule has 0 saturated carbocycles. The Balaban J connectivity index is 1.65. The third-order valence-electron chi connectivity index (χ3n) is 5.83. The fourth-order valence-electron chi connectivity index (χ4n) is 3.89. The number of anilines is 1. The first-order chi connectivity index (χ1) is 15.3. The first-order valence-corrected chi connectivity index (χ1v) is 11.2. The van der Waals surface area contributed by atoms with E-state index in [1.165, 1.54) is 0 Å². The third kappa shape index (κ3) is 6.40. The molecule has 1 aliphatic heterocycles. The predicted molar refractivity (Wildman–Crippen MR) is 124 cm³/mol. The Morgan fingerprint density at radius 2 is 1.66 bits per heavy atom. The first-order valence-electron chi connectivity index (χ1n) is 11.2. The molecule has 1 aliphatic rings. The average Bonchev–Trinajstić information content (AvgIpc) is 2.80. The van der Waals surface area contributed by atoms with Gasteiger partial charge in [-0.15, -0.1) is 0 Å². The number of aryl methyl sites for hydroxylation is 1. The zero-order chi connectivity index (χ0) is 23.1. The summed E-state index contributed by atoms with van der Waals surface area (Å²) >= 11 is 0. The Kier molecular flexibility index (Phi) is 8.00. The highest BCUT2D eigenvalue weighted by Crippen LogP contribution is 2.19. The lowest BCUT2D eigenvalue weighted by Crippen LogP contribution is -2.66. The molecule has 1 fully saturated rings. The van der Waals surface area contributed by atoms with Gasteiger partial charge in [0.2, 0.25) is 11.8 Å². The van der Waals surface area contributed by atoms with Crippen LogP contribution in [0.2, 0.25) is 0 Å². The second kappa shape index (κ2) is 10.9. The minimum Gasteiger partial charge on any atom is -0.348 e. The van der Waals surface area contributed by atoms with Crippen LogP contribution >= 0.6 is 0 Å². The van der Waals surface area contributed by atoms with Gasteiger partial charge in [0.1, 0.15) is 6.04 Å². The molecule has 0 unspecified atom stereocenters. The molecule has 3 amide bonds. The average molecular weight is 438 g/mol. The fourth-order valence-corrected chi connectivity index (χ4v) is 3.89. The lowest BCUT2D eigenvalue weighted by Gasteiger charge is -2.32. The Bertz CT molecular complexity index is 920. The van der Waals surface area contributed by atoms with Crippen LogP contribution in [0.25, 0.3) is 0 Å². The van der Waals surface area contributed by atoms with E-state index in [2.05, 4.69) is 16.4 Å². The summed E-state index contributed by atoms with van der Waals surface area (Å²) in [4.78, 5) is 40.0. The van der Waals surface area contributed by atoms with Gasteiger partial charge < -0.3 is 21.3 Å². The third-order valence-corrected chi connectivity index (χ3v) is 5.83. The van der Waals surface area contributed by atoms with Gasteiger partial charge in [-0.05, 0) is 44.4 Å². The van der Waals surface area contributed by atoms with Crippen LogP contribution in [0.1, 0.15) is 30.9 Å². The molecule has 2 aromatic rings. The SMILES string of the molecule is Cc1ccc(NC(=O)[C@H](Cc2ccccc2)NC(=O)C2CCN(C(=O)[C@H](C)[NH3+])CC2)cc1. The van der Waals surface area contributed by atoms with Crippen molar-refractivity contribution < 1.29 is 20.1 Å². The molecule has 5 N–H and O–H groups in total. The van der Waals surface area contributed by atoms with Gasteiger partial charge in [0.05, 0.1) is 0 Å². The summed E-state index contributed by atoms with van der Waals surface area (Å²) in [6, 6.07) is 16.2. The Hall–Kier alpha value is -3.19.